The van der Waals surface area contributed by atoms with E-state index >= 15 is 0 Å². The van der Waals surface area contributed by atoms with Gasteiger partial charge in [-0.25, -0.2) is 13.2 Å². The molecule has 0 fully saturated rings. The first-order chi connectivity index (χ1) is 16.2. The molecule has 1 aromatic heterocycles. The van der Waals surface area contributed by atoms with Crippen molar-refractivity contribution >= 4 is 22.8 Å². The quantitative estimate of drug-likeness (QED) is 0.185. The van der Waals surface area contributed by atoms with E-state index in [0.29, 0.717) is 35.6 Å². The highest BCUT2D eigenvalue weighted by molar-refractivity contribution is 7.90. The molecule has 2 aromatic carbocycles. The maximum Gasteiger partial charge on any atom is 0.282 e. The van der Waals surface area contributed by atoms with Crippen LogP contribution in [-0.2, 0) is 17.7 Å². The van der Waals surface area contributed by atoms with Crippen LogP contribution in [0.1, 0.15) is 12.0 Å². The topological polar surface area (TPSA) is 105 Å². The Morgan fingerprint density at radius 3 is 2.50 bits per heavy atom. The van der Waals surface area contributed by atoms with Gasteiger partial charge >= 0.3 is 0 Å². The third-order valence-corrected chi connectivity index (χ3v) is 5.60. The van der Waals surface area contributed by atoms with E-state index in [1.807, 2.05) is 24.3 Å². The van der Waals surface area contributed by atoms with E-state index in [0.717, 1.165) is 18.5 Å². The van der Waals surface area contributed by atoms with Crippen LogP contribution in [0.3, 0.4) is 0 Å². The lowest BCUT2D eigenvalue weighted by Gasteiger charge is -2.12. The van der Waals surface area contributed by atoms with E-state index in [9.17, 15) is 22.5 Å². The van der Waals surface area contributed by atoms with Crippen LogP contribution in [0.4, 0.5) is 24.8 Å². The van der Waals surface area contributed by atoms with Gasteiger partial charge in [-0.15, -0.1) is 0 Å². The van der Waals surface area contributed by atoms with Gasteiger partial charge in [0.2, 0.25) is 5.95 Å². The molecule has 0 spiro atoms. The number of aromatic nitrogens is 2. The summed E-state index contributed by atoms with van der Waals surface area (Å²) in [6.07, 6.45) is 3.99. The van der Waals surface area contributed by atoms with E-state index in [2.05, 4.69) is 32.5 Å². The summed E-state index contributed by atoms with van der Waals surface area (Å²) >= 11 is -0.790. The second-order valence-corrected chi connectivity index (χ2v) is 9.00. The summed E-state index contributed by atoms with van der Waals surface area (Å²) < 4.78 is 51.2. The number of halogens is 3. The molecule has 3 rings (SSSR count). The highest BCUT2D eigenvalue weighted by atomic mass is 32.2. The number of hydrogen-bond acceptors (Lipinski definition) is 6. The number of benzene rings is 2. The Kier molecular flexibility index (Phi) is 8.74. The zero-order valence-corrected chi connectivity index (χ0v) is 19.2. The van der Waals surface area contributed by atoms with Crippen LogP contribution in [-0.4, -0.2) is 33.1 Å². The molecule has 7 nitrogen and oxygen atoms in total. The molecular weight excluding hydrogens is 467 g/mol. The molecule has 180 valence electrons. The number of H-pyrrole nitrogens is 1. The summed E-state index contributed by atoms with van der Waals surface area (Å²) in [4.78, 5) is 19.2. The van der Waals surface area contributed by atoms with Gasteiger partial charge < -0.3 is 25.5 Å². The summed E-state index contributed by atoms with van der Waals surface area (Å²) in [5.41, 5.74) is 1.22. The number of nitrogens with zero attached hydrogens (tertiary/aromatic N) is 1. The monoisotopic (exact) mass is 491 g/mol. The summed E-state index contributed by atoms with van der Waals surface area (Å²) in [5.74, 6) is -2.85. The van der Waals surface area contributed by atoms with Crippen molar-refractivity contribution in [2.45, 2.75) is 13.0 Å². The van der Waals surface area contributed by atoms with Crippen molar-refractivity contribution in [2.24, 2.45) is 0 Å². The Balaban J connectivity index is 1.59. The summed E-state index contributed by atoms with van der Waals surface area (Å²) in [6, 6.07) is 8.48. The van der Waals surface area contributed by atoms with Crippen LogP contribution in [0.2, 0.25) is 0 Å². The Morgan fingerprint density at radius 2 is 1.82 bits per heavy atom. The van der Waals surface area contributed by atoms with Crippen LogP contribution >= 0.6 is 0 Å². The van der Waals surface area contributed by atoms with Gasteiger partial charge in [0.15, 0.2) is 11.6 Å². The fourth-order valence-corrected chi connectivity index (χ4v) is 3.61. The standard InChI is InChI=1S/C23H24F3N5O2S/c1-14(29-21-11-19(25)18(24)10-20(21)26)30-23-28-13-17(22(32)31-23)16-6-4-15(5-7-16)12-27-8-3-9-34(2)33/h4-7,10-11,13,27,29H,1,3,8-9,12H2,2H3,(H2,28,30,31,32). The maximum atomic E-state index is 13.8. The van der Waals surface area contributed by atoms with Crippen molar-refractivity contribution in [3.8, 4) is 11.1 Å². The van der Waals surface area contributed by atoms with Gasteiger partial charge in [-0.3, -0.25) is 4.79 Å². The number of hydrogen-bond donors (Lipinski definition) is 4. The maximum absolute atomic E-state index is 13.8. The number of anilines is 2. The average molecular weight is 492 g/mol. The summed E-state index contributed by atoms with van der Waals surface area (Å²) in [7, 11) is 0. The van der Waals surface area contributed by atoms with Gasteiger partial charge in [-0.2, -0.15) is 4.98 Å². The minimum atomic E-state index is -1.31. The third-order valence-electron chi connectivity index (χ3n) is 4.74. The first-order valence-corrected chi connectivity index (χ1v) is 12.0. The van der Waals surface area contributed by atoms with Crippen molar-refractivity contribution in [1.82, 2.24) is 15.3 Å². The molecule has 0 saturated carbocycles. The molecule has 1 unspecified atom stereocenters. The van der Waals surface area contributed by atoms with E-state index < -0.39 is 34.2 Å². The van der Waals surface area contributed by atoms with Crippen LogP contribution < -0.4 is 21.5 Å². The Bertz CT molecular complexity index is 1200. The number of rotatable bonds is 11. The molecule has 3 aromatic rings. The normalized spacial score (nSPS) is 11.8. The van der Waals surface area contributed by atoms with Crippen LogP contribution in [0.25, 0.3) is 11.1 Å². The Morgan fingerprint density at radius 1 is 1.12 bits per heavy atom. The van der Waals surface area contributed by atoms with Crippen molar-refractivity contribution in [2.75, 3.05) is 29.2 Å². The SMILES string of the molecule is C=C(Nc1nc(=O)c(-c2ccc(CNCCC[S+](C)[O-])cc2)c[nH]1)Nc1cc(F)c(F)cc1F. The fraction of sp³-hybridized carbons (Fsp3) is 0.217. The zero-order chi connectivity index (χ0) is 24.7. The zero-order valence-electron chi connectivity index (χ0n) is 18.4. The molecule has 11 heteroatoms. The summed E-state index contributed by atoms with van der Waals surface area (Å²) in [6.45, 7) is 5.04. The van der Waals surface area contributed by atoms with Crippen LogP contribution in [0.15, 0.2) is 59.8 Å². The van der Waals surface area contributed by atoms with Gasteiger partial charge in [0.25, 0.3) is 5.56 Å². The second-order valence-electron chi connectivity index (χ2n) is 7.45. The number of nitrogens with one attached hydrogen (secondary N) is 4. The first-order valence-electron chi connectivity index (χ1n) is 10.3. The Labute approximate surface area is 197 Å². The lowest BCUT2D eigenvalue weighted by Crippen LogP contribution is -2.18. The van der Waals surface area contributed by atoms with E-state index in [1.54, 1.807) is 6.26 Å². The molecule has 1 atom stereocenters. The minimum Gasteiger partial charge on any atom is -0.617 e. The molecule has 0 aliphatic carbocycles. The molecule has 0 aliphatic rings. The largest absolute Gasteiger partial charge is 0.617 e. The fourth-order valence-electron chi connectivity index (χ4n) is 3.06. The van der Waals surface area contributed by atoms with Gasteiger partial charge in [0, 0.05) is 31.3 Å². The Hall–Kier alpha value is -3.28. The van der Waals surface area contributed by atoms with Gasteiger partial charge in [-0.1, -0.05) is 42.0 Å². The van der Waals surface area contributed by atoms with E-state index in [1.165, 1.54) is 6.20 Å². The molecule has 0 amide bonds. The van der Waals surface area contributed by atoms with Crippen molar-refractivity contribution in [3.63, 3.8) is 0 Å². The van der Waals surface area contributed by atoms with Crippen molar-refractivity contribution in [3.05, 3.63) is 88.4 Å². The van der Waals surface area contributed by atoms with Gasteiger partial charge in [0.05, 0.1) is 17.5 Å². The van der Waals surface area contributed by atoms with E-state index in [-0.39, 0.29) is 17.5 Å². The highest BCUT2D eigenvalue weighted by Gasteiger charge is 2.11. The third kappa shape index (κ3) is 7.11. The number of aromatic amines is 1. The second kappa shape index (κ2) is 11.7. The molecule has 0 radical (unpaired) electrons. The lowest BCUT2D eigenvalue weighted by atomic mass is 10.1. The average Bonchev–Trinajstić information content (AvgIpc) is 2.78. The summed E-state index contributed by atoms with van der Waals surface area (Å²) in [5, 5.41) is 8.38. The molecule has 4 N–H and O–H groups in total. The highest BCUT2D eigenvalue weighted by Crippen LogP contribution is 2.20. The van der Waals surface area contributed by atoms with Gasteiger partial charge in [-0.05, 0) is 17.7 Å². The van der Waals surface area contributed by atoms with Crippen LogP contribution in [0.5, 0.6) is 0 Å². The molecule has 0 bridgehead atoms. The first kappa shape index (κ1) is 25.3. The van der Waals surface area contributed by atoms with Crippen molar-refractivity contribution < 1.29 is 17.7 Å². The van der Waals surface area contributed by atoms with E-state index in [4.69, 9.17) is 0 Å². The predicted molar refractivity (Wildman–Crippen MR) is 128 cm³/mol. The molecule has 0 saturated heterocycles. The molecule has 0 aliphatic heterocycles. The smallest absolute Gasteiger partial charge is 0.282 e. The van der Waals surface area contributed by atoms with Crippen LogP contribution in [0, 0.1) is 17.5 Å². The van der Waals surface area contributed by atoms with Crippen molar-refractivity contribution in [1.29, 1.82) is 0 Å². The molecule has 34 heavy (non-hydrogen) atoms. The van der Waals surface area contributed by atoms with Gasteiger partial charge in [0.1, 0.15) is 17.4 Å². The molecule has 1 heterocycles. The lowest BCUT2D eigenvalue weighted by molar-refractivity contribution is 0.496. The predicted octanol–water partition coefficient (Wildman–Crippen LogP) is 3.71. The molecular formula is C23H24F3N5O2S. The minimum absolute atomic E-state index is 0.0113.